The Hall–Kier alpha value is -1.12. The summed E-state index contributed by atoms with van der Waals surface area (Å²) in [4.78, 5) is 16.5. The van der Waals surface area contributed by atoms with Crippen LogP contribution in [0.4, 0.5) is 0 Å². The summed E-state index contributed by atoms with van der Waals surface area (Å²) >= 11 is 0. The quantitative estimate of drug-likeness (QED) is 0.759. The number of carbonyl (C=O) groups is 1. The molecule has 0 aromatic carbocycles. The van der Waals surface area contributed by atoms with Crippen LogP contribution in [-0.4, -0.2) is 60.6 Å². The molecule has 0 bridgehead atoms. The lowest BCUT2D eigenvalue weighted by molar-refractivity contribution is -0.138. The third kappa shape index (κ3) is 3.07. The van der Waals surface area contributed by atoms with Crippen molar-refractivity contribution in [2.24, 2.45) is 5.92 Å². The monoisotopic (exact) mass is 265 g/mol. The lowest BCUT2D eigenvalue weighted by Crippen LogP contribution is -2.53. The number of rotatable bonds is 3. The number of nitriles is 1. The van der Waals surface area contributed by atoms with E-state index in [0.29, 0.717) is 6.61 Å². The maximum atomic E-state index is 12.4. The molecule has 106 valence electrons. The van der Waals surface area contributed by atoms with Gasteiger partial charge in [0.25, 0.3) is 0 Å². The number of hydrogen-bond donors (Lipinski definition) is 0. The molecule has 1 amide bonds. The van der Waals surface area contributed by atoms with Crippen molar-refractivity contribution in [3.63, 3.8) is 0 Å². The molecule has 2 rings (SSSR count). The first kappa shape index (κ1) is 14.3. The number of amides is 1. The number of nitrogens with zero attached hydrogens (tertiary/aromatic N) is 3. The van der Waals surface area contributed by atoms with Crippen molar-refractivity contribution in [1.82, 2.24) is 9.80 Å². The zero-order valence-corrected chi connectivity index (χ0v) is 11.8. The maximum absolute atomic E-state index is 12.4. The van der Waals surface area contributed by atoms with Crippen LogP contribution in [0.2, 0.25) is 0 Å². The minimum Gasteiger partial charge on any atom is -0.378 e. The molecule has 3 unspecified atom stereocenters. The molecule has 0 aliphatic carbocycles. The molecule has 0 aromatic rings. The van der Waals surface area contributed by atoms with Crippen LogP contribution in [0, 0.1) is 17.2 Å². The average molecular weight is 265 g/mol. The maximum Gasteiger partial charge on any atom is 0.228 e. The van der Waals surface area contributed by atoms with Gasteiger partial charge in [0.1, 0.15) is 0 Å². The fraction of sp³-hybridized carbons (Fsp3) is 0.857. The van der Waals surface area contributed by atoms with Crippen molar-refractivity contribution in [3.8, 4) is 6.07 Å². The van der Waals surface area contributed by atoms with Crippen molar-refractivity contribution in [1.29, 1.82) is 5.26 Å². The highest BCUT2D eigenvalue weighted by Crippen LogP contribution is 2.23. The van der Waals surface area contributed by atoms with E-state index < -0.39 is 0 Å². The summed E-state index contributed by atoms with van der Waals surface area (Å²) in [6.45, 7) is 7.79. The Balaban J connectivity index is 1.86. The van der Waals surface area contributed by atoms with Gasteiger partial charge in [-0.2, -0.15) is 5.26 Å². The standard InChI is InChI=1S/C14H23N3O2/c1-3-12(10-15)16-5-7-17(8-6-16)14(18)13-4-9-19-11(13)2/h11-13H,3-9H2,1-2H3. The molecule has 0 saturated carbocycles. The second kappa shape index (κ2) is 6.36. The largest absolute Gasteiger partial charge is 0.378 e. The molecular formula is C14H23N3O2. The molecule has 19 heavy (non-hydrogen) atoms. The number of carbonyl (C=O) groups excluding carboxylic acids is 1. The molecule has 0 spiro atoms. The van der Waals surface area contributed by atoms with E-state index in [9.17, 15) is 4.79 Å². The van der Waals surface area contributed by atoms with Gasteiger partial charge in [0.05, 0.1) is 24.1 Å². The molecular weight excluding hydrogens is 242 g/mol. The molecule has 2 aliphatic heterocycles. The summed E-state index contributed by atoms with van der Waals surface area (Å²) in [6, 6.07) is 2.32. The van der Waals surface area contributed by atoms with E-state index in [1.54, 1.807) is 0 Å². The van der Waals surface area contributed by atoms with Crippen molar-refractivity contribution < 1.29 is 9.53 Å². The van der Waals surface area contributed by atoms with Crippen molar-refractivity contribution in [2.45, 2.75) is 38.8 Å². The zero-order chi connectivity index (χ0) is 13.8. The van der Waals surface area contributed by atoms with E-state index in [-0.39, 0.29) is 24.0 Å². The van der Waals surface area contributed by atoms with E-state index in [4.69, 9.17) is 10.00 Å². The Kier molecular flexibility index (Phi) is 4.78. The second-order valence-electron chi connectivity index (χ2n) is 5.39. The van der Waals surface area contributed by atoms with Crippen LogP contribution in [0.3, 0.4) is 0 Å². The molecule has 2 aliphatic rings. The van der Waals surface area contributed by atoms with E-state index in [2.05, 4.69) is 11.0 Å². The Morgan fingerprint density at radius 1 is 1.42 bits per heavy atom. The lowest BCUT2D eigenvalue weighted by Gasteiger charge is -2.37. The van der Waals surface area contributed by atoms with Gasteiger partial charge in [-0.15, -0.1) is 0 Å². The molecule has 0 aromatic heterocycles. The van der Waals surface area contributed by atoms with E-state index in [0.717, 1.165) is 39.0 Å². The summed E-state index contributed by atoms with van der Waals surface area (Å²) in [5.41, 5.74) is 0. The SMILES string of the molecule is CCC(C#N)N1CCN(C(=O)C2CCOC2C)CC1. The summed E-state index contributed by atoms with van der Waals surface area (Å²) in [5.74, 6) is 0.263. The zero-order valence-electron chi connectivity index (χ0n) is 11.8. The Bertz CT molecular complexity index is 358. The molecule has 0 radical (unpaired) electrons. The predicted molar refractivity (Wildman–Crippen MR) is 71.4 cm³/mol. The van der Waals surface area contributed by atoms with E-state index in [1.807, 2.05) is 18.7 Å². The van der Waals surface area contributed by atoms with Crippen LogP contribution in [0.15, 0.2) is 0 Å². The van der Waals surface area contributed by atoms with Gasteiger partial charge in [-0.05, 0) is 19.8 Å². The highest BCUT2D eigenvalue weighted by molar-refractivity contribution is 5.79. The third-order valence-corrected chi connectivity index (χ3v) is 4.30. The summed E-state index contributed by atoms with van der Waals surface area (Å²) in [5, 5.41) is 9.07. The Labute approximate surface area is 115 Å². The van der Waals surface area contributed by atoms with Gasteiger partial charge in [0.2, 0.25) is 5.91 Å². The van der Waals surface area contributed by atoms with Crippen molar-refractivity contribution >= 4 is 5.91 Å². The van der Waals surface area contributed by atoms with Gasteiger partial charge in [-0.25, -0.2) is 0 Å². The topological polar surface area (TPSA) is 56.6 Å². The first-order valence-corrected chi connectivity index (χ1v) is 7.21. The van der Waals surface area contributed by atoms with Gasteiger partial charge >= 0.3 is 0 Å². The van der Waals surface area contributed by atoms with Crippen molar-refractivity contribution in [2.75, 3.05) is 32.8 Å². The Morgan fingerprint density at radius 2 is 2.11 bits per heavy atom. The number of hydrogen-bond acceptors (Lipinski definition) is 4. The number of ether oxygens (including phenoxy) is 1. The fourth-order valence-corrected chi connectivity index (χ4v) is 2.98. The predicted octanol–water partition coefficient (Wildman–Crippen LogP) is 0.858. The van der Waals surface area contributed by atoms with Gasteiger partial charge in [-0.1, -0.05) is 6.92 Å². The lowest BCUT2D eigenvalue weighted by atomic mass is 10.0. The smallest absolute Gasteiger partial charge is 0.228 e. The van der Waals surface area contributed by atoms with Crippen LogP contribution < -0.4 is 0 Å². The van der Waals surface area contributed by atoms with Gasteiger partial charge in [-0.3, -0.25) is 9.69 Å². The third-order valence-electron chi connectivity index (χ3n) is 4.30. The first-order valence-electron chi connectivity index (χ1n) is 7.21. The molecule has 0 N–H and O–H groups in total. The first-order chi connectivity index (χ1) is 9.17. The molecule has 2 saturated heterocycles. The summed E-state index contributed by atoms with van der Waals surface area (Å²) in [6.07, 6.45) is 1.74. The van der Waals surface area contributed by atoms with E-state index in [1.165, 1.54) is 0 Å². The van der Waals surface area contributed by atoms with Gasteiger partial charge in [0.15, 0.2) is 0 Å². The van der Waals surface area contributed by atoms with Crippen LogP contribution in [-0.2, 0) is 9.53 Å². The molecule has 2 fully saturated rings. The second-order valence-corrected chi connectivity index (χ2v) is 5.39. The van der Waals surface area contributed by atoms with Crippen LogP contribution >= 0.6 is 0 Å². The summed E-state index contributed by atoms with van der Waals surface area (Å²) < 4.78 is 5.47. The normalized spacial score (nSPS) is 30.1. The highest BCUT2D eigenvalue weighted by Gasteiger charge is 2.35. The highest BCUT2D eigenvalue weighted by atomic mass is 16.5. The summed E-state index contributed by atoms with van der Waals surface area (Å²) in [7, 11) is 0. The van der Waals surface area contributed by atoms with Gasteiger partial charge in [0, 0.05) is 32.8 Å². The average Bonchev–Trinajstić information content (AvgIpc) is 2.86. The van der Waals surface area contributed by atoms with E-state index >= 15 is 0 Å². The van der Waals surface area contributed by atoms with Crippen LogP contribution in [0.5, 0.6) is 0 Å². The van der Waals surface area contributed by atoms with Crippen LogP contribution in [0.1, 0.15) is 26.7 Å². The molecule has 3 atom stereocenters. The Morgan fingerprint density at radius 3 is 2.58 bits per heavy atom. The molecule has 5 heteroatoms. The molecule has 2 heterocycles. The number of piperazine rings is 1. The van der Waals surface area contributed by atoms with Crippen molar-refractivity contribution in [3.05, 3.63) is 0 Å². The van der Waals surface area contributed by atoms with Crippen LogP contribution in [0.25, 0.3) is 0 Å². The fourth-order valence-electron chi connectivity index (χ4n) is 2.98. The minimum atomic E-state index is -0.00834. The molecule has 5 nitrogen and oxygen atoms in total. The minimum absolute atomic E-state index is 0.00834. The van der Waals surface area contributed by atoms with Gasteiger partial charge < -0.3 is 9.64 Å².